The van der Waals surface area contributed by atoms with Crippen LogP contribution in [-0.4, -0.2) is 15.9 Å². The lowest BCUT2D eigenvalue weighted by Gasteiger charge is -2.04. The summed E-state index contributed by atoms with van der Waals surface area (Å²) in [7, 11) is 0. The second-order valence-electron chi connectivity index (χ2n) is 5.42. The number of aromatic nitrogens is 2. The van der Waals surface area contributed by atoms with E-state index in [-0.39, 0.29) is 5.56 Å². The summed E-state index contributed by atoms with van der Waals surface area (Å²) in [5, 5.41) is 0.699. The number of hydrogen-bond donors (Lipinski definition) is 2. The van der Waals surface area contributed by atoms with E-state index in [1.807, 2.05) is 19.9 Å². The van der Waals surface area contributed by atoms with Gasteiger partial charge in [-0.2, -0.15) is 0 Å². The maximum atomic E-state index is 12.4. The van der Waals surface area contributed by atoms with Crippen LogP contribution in [0.4, 0.5) is 0 Å². The molecule has 0 aliphatic carbocycles. The Morgan fingerprint density at radius 3 is 2.87 bits per heavy atom. The maximum absolute atomic E-state index is 12.4. The molecular formula is C17H17N3O2S. The predicted molar refractivity (Wildman–Crippen MR) is 92.1 cm³/mol. The lowest BCUT2D eigenvalue weighted by Crippen LogP contribution is -2.13. The zero-order valence-corrected chi connectivity index (χ0v) is 13.8. The fourth-order valence-corrected chi connectivity index (χ4v) is 3.89. The summed E-state index contributed by atoms with van der Waals surface area (Å²) >= 11 is 1.55. The van der Waals surface area contributed by atoms with E-state index in [1.165, 1.54) is 0 Å². The molecule has 3 aromatic rings. The van der Waals surface area contributed by atoms with Gasteiger partial charge in [-0.3, -0.25) is 9.59 Å². The molecule has 1 aromatic carbocycles. The Hall–Kier alpha value is -2.47. The molecule has 0 bridgehead atoms. The van der Waals surface area contributed by atoms with E-state index in [4.69, 9.17) is 5.73 Å². The van der Waals surface area contributed by atoms with E-state index in [1.54, 1.807) is 29.5 Å². The number of carbonyl (C=O) groups excluding carboxylic acids is 1. The van der Waals surface area contributed by atoms with Crippen LogP contribution >= 0.6 is 11.3 Å². The minimum atomic E-state index is -0.467. The lowest BCUT2D eigenvalue weighted by atomic mass is 10.1. The van der Waals surface area contributed by atoms with Crippen molar-refractivity contribution in [2.75, 3.05) is 0 Å². The van der Waals surface area contributed by atoms with Crippen LogP contribution in [0.2, 0.25) is 0 Å². The first-order valence-corrected chi connectivity index (χ1v) is 8.21. The van der Waals surface area contributed by atoms with Crippen LogP contribution < -0.4 is 11.3 Å². The quantitative estimate of drug-likeness (QED) is 0.772. The third-order valence-electron chi connectivity index (χ3n) is 3.85. The van der Waals surface area contributed by atoms with Crippen LogP contribution in [0.3, 0.4) is 0 Å². The van der Waals surface area contributed by atoms with Gasteiger partial charge in [0.05, 0.1) is 5.39 Å². The molecule has 0 saturated carbocycles. The van der Waals surface area contributed by atoms with E-state index in [0.29, 0.717) is 23.2 Å². The van der Waals surface area contributed by atoms with Crippen molar-refractivity contribution in [3.05, 3.63) is 62.0 Å². The number of hydrogen-bond acceptors (Lipinski definition) is 4. The highest BCUT2D eigenvalue weighted by atomic mass is 32.1. The zero-order valence-electron chi connectivity index (χ0n) is 13.0. The van der Waals surface area contributed by atoms with Crippen molar-refractivity contribution in [1.29, 1.82) is 0 Å². The number of rotatable bonds is 4. The first-order valence-electron chi connectivity index (χ1n) is 7.39. The number of aromatic amines is 1. The van der Waals surface area contributed by atoms with Crippen LogP contribution in [0.5, 0.6) is 0 Å². The van der Waals surface area contributed by atoms with Crippen molar-refractivity contribution in [2.24, 2.45) is 5.73 Å². The monoisotopic (exact) mass is 327 g/mol. The van der Waals surface area contributed by atoms with E-state index in [0.717, 1.165) is 27.3 Å². The number of thiophene rings is 1. The Bertz CT molecular complexity index is 956. The Morgan fingerprint density at radius 1 is 1.39 bits per heavy atom. The molecule has 0 unspecified atom stereocenters. The number of primary amides is 1. The Balaban J connectivity index is 2.03. The number of carbonyl (C=O) groups is 1. The van der Waals surface area contributed by atoms with Crippen molar-refractivity contribution in [2.45, 2.75) is 26.7 Å². The summed E-state index contributed by atoms with van der Waals surface area (Å²) in [6.07, 6.45) is 1.27. The predicted octanol–water partition coefficient (Wildman–Crippen LogP) is 2.55. The molecule has 0 atom stereocenters. The van der Waals surface area contributed by atoms with Crippen molar-refractivity contribution < 1.29 is 4.79 Å². The van der Waals surface area contributed by atoms with Crippen molar-refractivity contribution in [3.63, 3.8) is 0 Å². The molecule has 0 spiro atoms. The second kappa shape index (κ2) is 5.96. The number of amides is 1. The third kappa shape index (κ3) is 2.90. The molecule has 5 nitrogen and oxygen atoms in total. The van der Waals surface area contributed by atoms with Gasteiger partial charge >= 0.3 is 0 Å². The Labute approximate surface area is 137 Å². The maximum Gasteiger partial charge on any atom is 0.259 e. The number of benzene rings is 1. The van der Waals surface area contributed by atoms with Gasteiger partial charge in [0.15, 0.2) is 0 Å². The molecule has 0 radical (unpaired) electrons. The molecule has 2 heterocycles. The number of nitrogens with two attached hydrogens (primary N) is 1. The first kappa shape index (κ1) is 15.4. The third-order valence-corrected chi connectivity index (χ3v) is 4.89. The summed E-state index contributed by atoms with van der Waals surface area (Å²) in [4.78, 5) is 33.0. The molecule has 1 amide bonds. The van der Waals surface area contributed by atoms with Crippen LogP contribution in [0.15, 0.2) is 29.1 Å². The van der Waals surface area contributed by atoms with Gasteiger partial charge in [-0.15, -0.1) is 11.3 Å². The highest BCUT2D eigenvalue weighted by Crippen LogP contribution is 2.27. The molecule has 0 aliphatic heterocycles. The second-order valence-corrected chi connectivity index (χ2v) is 6.63. The normalized spacial score (nSPS) is 11.0. The number of nitrogens with zero attached hydrogens (tertiary/aromatic N) is 1. The van der Waals surface area contributed by atoms with Gasteiger partial charge in [-0.1, -0.05) is 19.1 Å². The largest absolute Gasteiger partial charge is 0.366 e. The Kier molecular flexibility index (Phi) is 4.00. The topological polar surface area (TPSA) is 88.8 Å². The SMILES string of the molecule is CCc1c(C)sc2nc(Cc3cccc(C(N)=O)c3)[nH]c(=O)c12. The Morgan fingerprint density at radius 2 is 2.17 bits per heavy atom. The van der Waals surface area contributed by atoms with Crippen molar-refractivity contribution in [3.8, 4) is 0 Å². The number of aryl methyl sites for hydroxylation is 2. The molecule has 0 saturated heterocycles. The highest BCUT2D eigenvalue weighted by molar-refractivity contribution is 7.18. The van der Waals surface area contributed by atoms with Gasteiger partial charge in [0.1, 0.15) is 10.7 Å². The number of fused-ring (bicyclic) bond motifs is 1. The van der Waals surface area contributed by atoms with Crippen LogP contribution in [0, 0.1) is 6.92 Å². The molecule has 6 heteroatoms. The average molecular weight is 327 g/mol. The van der Waals surface area contributed by atoms with Crippen LogP contribution in [0.25, 0.3) is 10.2 Å². The minimum Gasteiger partial charge on any atom is -0.366 e. The molecule has 0 fully saturated rings. The van der Waals surface area contributed by atoms with Crippen molar-refractivity contribution >= 4 is 27.5 Å². The number of nitrogens with one attached hydrogen (secondary N) is 1. The van der Waals surface area contributed by atoms with E-state index >= 15 is 0 Å². The fraction of sp³-hybridized carbons (Fsp3) is 0.235. The molecule has 2 aromatic heterocycles. The summed E-state index contributed by atoms with van der Waals surface area (Å²) in [6.45, 7) is 4.05. The van der Waals surface area contributed by atoms with Crippen LogP contribution in [-0.2, 0) is 12.8 Å². The summed E-state index contributed by atoms with van der Waals surface area (Å²) in [6, 6.07) is 7.05. The minimum absolute atomic E-state index is 0.0998. The van der Waals surface area contributed by atoms with E-state index in [2.05, 4.69) is 9.97 Å². The van der Waals surface area contributed by atoms with Crippen LogP contribution in [0.1, 0.15) is 39.1 Å². The van der Waals surface area contributed by atoms with Gasteiger partial charge in [0.25, 0.3) is 5.56 Å². The highest BCUT2D eigenvalue weighted by Gasteiger charge is 2.14. The van der Waals surface area contributed by atoms with Gasteiger partial charge < -0.3 is 10.7 Å². The first-order chi connectivity index (χ1) is 11.0. The molecule has 3 N–H and O–H groups in total. The molecule has 23 heavy (non-hydrogen) atoms. The van der Waals surface area contributed by atoms with Crippen molar-refractivity contribution in [1.82, 2.24) is 9.97 Å². The van der Waals surface area contributed by atoms with E-state index < -0.39 is 5.91 Å². The zero-order chi connectivity index (χ0) is 16.6. The van der Waals surface area contributed by atoms with E-state index in [9.17, 15) is 9.59 Å². The smallest absolute Gasteiger partial charge is 0.259 e. The lowest BCUT2D eigenvalue weighted by molar-refractivity contribution is 0.1000. The number of H-pyrrole nitrogens is 1. The van der Waals surface area contributed by atoms with Gasteiger partial charge in [-0.05, 0) is 36.6 Å². The average Bonchev–Trinajstić information content (AvgIpc) is 2.83. The summed E-state index contributed by atoms with van der Waals surface area (Å²) < 4.78 is 0. The fourth-order valence-electron chi connectivity index (χ4n) is 2.76. The van der Waals surface area contributed by atoms with Gasteiger partial charge in [-0.25, -0.2) is 4.98 Å². The molecular weight excluding hydrogens is 310 g/mol. The molecule has 118 valence electrons. The standard InChI is InChI=1S/C17H17N3O2S/c1-3-12-9(2)23-17-14(12)16(22)19-13(20-17)8-10-5-4-6-11(7-10)15(18)21/h4-7H,3,8H2,1-2H3,(H2,18,21)(H,19,20,22). The van der Waals surface area contributed by atoms with Gasteiger partial charge in [0, 0.05) is 16.9 Å². The molecule has 0 aliphatic rings. The van der Waals surface area contributed by atoms with Gasteiger partial charge in [0.2, 0.25) is 5.91 Å². The molecule has 3 rings (SSSR count). The summed E-state index contributed by atoms with van der Waals surface area (Å²) in [5.41, 5.74) is 7.60. The summed E-state index contributed by atoms with van der Waals surface area (Å²) in [5.74, 6) is 0.123.